The van der Waals surface area contributed by atoms with E-state index in [1.807, 2.05) is 29.3 Å². The van der Waals surface area contributed by atoms with Gasteiger partial charge in [-0.25, -0.2) is 15.0 Å². The molecular weight excluding hydrogens is 354 g/mol. The van der Waals surface area contributed by atoms with Gasteiger partial charge in [-0.1, -0.05) is 6.07 Å². The zero-order valence-corrected chi connectivity index (χ0v) is 16.1. The molecule has 0 aromatic carbocycles. The Hall–Kier alpha value is -2.90. The van der Waals surface area contributed by atoms with Crippen LogP contribution in [-0.4, -0.2) is 71.6 Å². The maximum Gasteiger partial charge on any atom is 0.222 e. The Bertz CT molecular complexity index is 777. The molecule has 1 N–H and O–H groups in total. The topological polar surface area (TPSA) is 77.5 Å². The first-order chi connectivity index (χ1) is 13.8. The zero-order valence-electron chi connectivity index (χ0n) is 16.1. The summed E-state index contributed by atoms with van der Waals surface area (Å²) in [4.78, 5) is 31.4. The number of carbonyl (C=O) groups is 1. The van der Waals surface area contributed by atoms with Gasteiger partial charge in [-0.15, -0.1) is 0 Å². The van der Waals surface area contributed by atoms with Gasteiger partial charge in [-0.05, 0) is 25.0 Å². The lowest BCUT2D eigenvalue weighted by atomic mass is 10.3. The second-order valence-corrected chi connectivity index (χ2v) is 7.19. The molecular formula is C20H27N7O. The van der Waals surface area contributed by atoms with Crippen molar-refractivity contribution in [3.8, 4) is 0 Å². The number of hydrogen-bond acceptors (Lipinski definition) is 7. The molecule has 0 bridgehead atoms. The van der Waals surface area contributed by atoms with E-state index in [4.69, 9.17) is 0 Å². The van der Waals surface area contributed by atoms with E-state index in [1.54, 1.807) is 6.33 Å². The molecule has 8 heteroatoms. The summed E-state index contributed by atoms with van der Waals surface area (Å²) in [5.74, 6) is 3.11. The number of piperazine rings is 1. The van der Waals surface area contributed by atoms with Crippen molar-refractivity contribution < 1.29 is 4.79 Å². The van der Waals surface area contributed by atoms with Crippen LogP contribution < -0.4 is 15.1 Å². The number of anilines is 3. The highest BCUT2D eigenvalue weighted by molar-refractivity contribution is 5.78. The Balaban J connectivity index is 1.25. The lowest BCUT2D eigenvalue weighted by molar-refractivity contribution is -0.127. The average Bonchev–Trinajstić information content (AvgIpc) is 3.17. The van der Waals surface area contributed by atoms with Gasteiger partial charge in [0.25, 0.3) is 0 Å². The Labute approximate surface area is 165 Å². The van der Waals surface area contributed by atoms with Crippen molar-refractivity contribution in [2.75, 3.05) is 60.9 Å². The van der Waals surface area contributed by atoms with Crippen LogP contribution >= 0.6 is 0 Å². The minimum atomic E-state index is 0.286. The molecule has 0 radical (unpaired) electrons. The van der Waals surface area contributed by atoms with Gasteiger partial charge < -0.3 is 20.0 Å². The molecule has 28 heavy (non-hydrogen) atoms. The molecule has 2 aromatic rings. The molecule has 2 saturated heterocycles. The fraction of sp³-hybridized carbons (Fsp3) is 0.500. The summed E-state index contributed by atoms with van der Waals surface area (Å²) in [6.07, 6.45) is 6.08. The van der Waals surface area contributed by atoms with Gasteiger partial charge in [0, 0.05) is 64.5 Å². The molecule has 2 aliphatic heterocycles. The summed E-state index contributed by atoms with van der Waals surface area (Å²) >= 11 is 0. The summed E-state index contributed by atoms with van der Waals surface area (Å²) in [6, 6.07) is 8.03. The summed E-state index contributed by atoms with van der Waals surface area (Å²) < 4.78 is 0. The van der Waals surface area contributed by atoms with Crippen molar-refractivity contribution in [1.82, 2.24) is 19.9 Å². The minimum Gasteiger partial charge on any atom is -0.370 e. The molecule has 2 aliphatic rings. The third-order valence-electron chi connectivity index (χ3n) is 5.31. The van der Waals surface area contributed by atoms with E-state index >= 15 is 0 Å². The van der Waals surface area contributed by atoms with Crippen molar-refractivity contribution in [1.29, 1.82) is 0 Å². The van der Waals surface area contributed by atoms with Gasteiger partial charge >= 0.3 is 0 Å². The van der Waals surface area contributed by atoms with E-state index in [9.17, 15) is 4.79 Å². The van der Waals surface area contributed by atoms with E-state index in [1.165, 1.54) is 0 Å². The number of likely N-dealkylation sites (tertiary alicyclic amines) is 1. The predicted molar refractivity (Wildman–Crippen MR) is 110 cm³/mol. The van der Waals surface area contributed by atoms with Crippen LogP contribution in [0.2, 0.25) is 0 Å². The number of rotatable bonds is 7. The number of nitrogens with one attached hydrogen (secondary N) is 1. The highest BCUT2D eigenvalue weighted by Gasteiger charge is 2.20. The van der Waals surface area contributed by atoms with E-state index in [2.05, 4.69) is 36.1 Å². The largest absolute Gasteiger partial charge is 0.370 e. The Morgan fingerprint density at radius 2 is 1.79 bits per heavy atom. The summed E-state index contributed by atoms with van der Waals surface area (Å²) in [5, 5.41) is 3.36. The van der Waals surface area contributed by atoms with Gasteiger partial charge in [0.1, 0.15) is 23.8 Å². The van der Waals surface area contributed by atoms with Gasteiger partial charge in [0.15, 0.2) is 0 Å². The second-order valence-electron chi connectivity index (χ2n) is 7.19. The maximum atomic E-state index is 11.6. The normalized spacial score (nSPS) is 17.3. The first kappa shape index (κ1) is 18.5. The quantitative estimate of drug-likeness (QED) is 0.730. The molecule has 8 nitrogen and oxygen atoms in total. The molecule has 0 spiro atoms. The SMILES string of the molecule is O=C1CCCN1CCCNc1cc(N2CCN(c3ccccn3)CC2)ncn1. The monoisotopic (exact) mass is 381 g/mol. The van der Waals surface area contributed by atoms with Gasteiger partial charge in [-0.2, -0.15) is 0 Å². The van der Waals surface area contributed by atoms with E-state index < -0.39 is 0 Å². The highest BCUT2D eigenvalue weighted by atomic mass is 16.2. The van der Waals surface area contributed by atoms with Crippen LogP contribution in [0.3, 0.4) is 0 Å². The first-order valence-electron chi connectivity index (χ1n) is 10.0. The number of pyridine rings is 1. The smallest absolute Gasteiger partial charge is 0.222 e. The van der Waals surface area contributed by atoms with Crippen molar-refractivity contribution in [3.05, 3.63) is 36.8 Å². The lowest BCUT2D eigenvalue weighted by Crippen LogP contribution is -2.47. The van der Waals surface area contributed by atoms with Crippen LogP contribution in [0.15, 0.2) is 36.8 Å². The van der Waals surface area contributed by atoms with Crippen molar-refractivity contribution in [2.24, 2.45) is 0 Å². The van der Waals surface area contributed by atoms with Crippen molar-refractivity contribution in [3.63, 3.8) is 0 Å². The van der Waals surface area contributed by atoms with Gasteiger partial charge in [-0.3, -0.25) is 4.79 Å². The fourth-order valence-electron chi connectivity index (χ4n) is 3.75. The molecule has 4 rings (SSSR count). The number of amides is 1. The van der Waals surface area contributed by atoms with Crippen molar-refractivity contribution >= 4 is 23.4 Å². The highest BCUT2D eigenvalue weighted by Crippen LogP contribution is 2.19. The number of aromatic nitrogens is 3. The molecule has 4 heterocycles. The second kappa shape index (κ2) is 8.86. The average molecular weight is 381 g/mol. The minimum absolute atomic E-state index is 0.286. The standard InChI is InChI=1S/C20H27N7O/c28-20-6-3-9-27(20)10-4-8-21-17-15-19(24-16-23-17)26-13-11-25(12-14-26)18-5-1-2-7-22-18/h1-2,5,7,15-16H,3-4,6,8-14H2,(H,21,23,24). The third kappa shape index (κ3) is 4.49. The van der Waals surface area contributed by atoms with Crippen LogP contribution in [0.1, 0.15) is 19.3 Å². The molecule has 1 amide bonds. The zero-order chi connectivity index (χ0) is 19.2. The number of carbonyl (C=O) groups excluding carboxylic acids is 1. The Morgan fingerprint density at radius 1 is 0.964 bits per heavy atom. The molecule has 2 fully saturated rings. The number of hydrogen-bond donors (Lipinski definition) is 1. The molecule has 0 saturated carbocycles. The fourth-order valence-corrected chi connectivity index (χ4v) is 3.75. The summed E-state index contributed by atoms with van der Waals surface area (Å²) in [5.41, 5.74) is 0. The van der Waals surface area contributed by atoms with E-state index in [0.717, 1.165) is 76.1 Å². The first-order valence-corrected chi connectivity index (χ1v) is 10.0. The lowest BCUT2D eigenvalue weighted by Gasteiger charge is -2.36. The van der Waals surface area contributed by atoms with Crippen LogP contribution in [-0.2, 0) is 4.79 Å². The number of nitrogens with zero attached hydrogens (tertiary/aromatic N) is 6. The van der Waals surface area contributed by atoms with Gasteiger partial charge in [0.2, 0.25) is 5.91 Å². The van der Waals surface area contributed by atoms with Crippen LogP contribution in [0, 0.1) is 0 Å². The maximum absolute atomic E-state index is 11.6. The summed E-state index contributed by atoms with van der Waals surface area (Å²) in [6.45, 7) is 6.18. The third-order valence-corrected chi connectivity index (χ3v) is 5.31. The van der Waals surface area contributed by atoms with E-state index in [0.29, 0.717) is 6.42 Å². The van der Waals surface area contributed by atoms with Crippen molar-refractivity contribution in [2.45, 2.75) is 19.3 Å². The molecule has 148 valence electrons. The van der Waals surface area contributed by atoms with Crippen LogP contribution in [0.5, 0.6) is 0 Å². The van der Waals surface area contributed by atoms with Gasteiger partial charge in [0.05, 0.1) is 0 Å². The molecule has 0 atom stereocenters. The molecule has 2 aromatic heterocycles. The molecule has 0 unspecified atom stereocenters. The predicted octanol–water partition coefficient (Wildman–Crippen LogP) is 1.62. The van der Waals surface area contributed by atoms with Crippen LogP contribution in [0.25, 0.3) is 0 Å². The molecule has 0 aliphatic carbocycles. The summed E-state index contributed by atoms with van der Waals surface area (Å²) in [7, 11) is 0. The van der Waals surface area contributed by atoms with Crippen LogP contribution in [0.4, 0.5) is 17.5 Å². The Kier molecular flexibility index (Phi) is 5.84. The van der Waals surface area contributed by atoms with E-state index in [-0.39, 0.29) is 5.91 Å². The Morgan fingerprint density at radius 3 is 2.50 bits per heavy atom.